The van der Waals surface area contributed by atoms with Crippen molar-refractivity contribution in [1.82, 2.24) is 4.90 Å². The summed E-state index contributed by atoms with van der Waals surface area (Å²) in [6.45, 7) is 5.41. The topological polar surface area (TPSA) is 50.8 Å². The van der Waals surface area contributed by atoms with Gasteiger partial charge in [-0.2, -0.15) is 0 Å². The third kappa shape index (κ3) is 4.89. The molecule has 0 saturated carbocycles. The van der Waals surface area contributed by atoms with Crippen LogP contribution in [-0.2, 0) is 9.53 Å². The Labute approximate surface area is 113 Å². The van der Waals surface area contributed by atoms with Gasteiger partial charge in [-0.15, -0.1) is 0 Å². The van der Waals surface area contributed by atoms with Crippen molar-refractivity contribution in [2.24, 2.45) is 0 Å². The van der Waals surface area contributed by atoms with E-state index < -0.39 is 0 Å². The number of hydrogen-bond donors (Lipinski definition) is 1. The molecule has 2 rings (SSSR count). The van der Waals surface area contributed by atoms with Crippen molar-refractivity contribution in [3.63, 3.8) is 0 Å². The van der Waals surface area contributed by atoms with Crippen LogP contribution in [0, 0.1) is 0 Å². The fraction of sp³-hybridized carbons (Fsp3) is 0.500. The molecule has 5 nitrogen and oxygen atoms in total. The molecule has 0 unspecified atom stereocenters. The number of amides is 1. The molecule has 104 valence electrons. The number of morpholine rings is 1. The first kappa shape index (κ1) is 13.8. The molecule has 1 fully saturated rings. The monoisotopic (exact) mass is 264 g/mol. The summed E-state index contributed by atoms with van der Waals surface area (Å²) in [5, 5.41) is 2.61. The summed E-state index contributed by atoms with van der Waals surface area (Å²) in [7, 11) is 0. The maximum Gasteiger partial charge on any atom is 0.211 e. The van der Waals surface area contributed by atoms with Gasteiger partial charge in [0.1, 0.15) is 5.75 Å². The van der Waals surface area contributed by atoms with Gasteiger partial charge in [-0.3, -0.25) is 9.69 Å². The zero-order valence-electron chi connectivity index (χ0n) is 11.0. The van der Waals surface area contributed by atoms with Crippen LogP contribution in [0.4, 0.5) is 5.69 Å². The van der Waals surface area contributed by atoms with Crippen molar-refractivity contribution in [3.8, 4) is 5.75 Å². The number of hydrogen-bond acceptors (Lipinski definition) is 4. The lowest BCUT2D eigenvalue weighted by molar-refractivity contribution is -0.105. The number of rotatable bonds is 7. The number of carbonyl (C=O) groups excluding carboxylic acids is 1. The fourth-order valence-corrected chi connectivity index (χ4v) is 2.05. The van der Waals surface area contributed by atoms with E-state index in [4.69, 9.17) is 9.47 Å². The Morgan fingerprint density at radius 2 is 2.21 bits per heavy atom. The first-order chi connectivity index (χ1) is 9.38. The van der Waals surface area contributed by atoms with Gasteiger partial charge >= 0.3 is 0 Å². The van der Waals surface area contributed by atoms with Gasteiger partial charge in [0.2, 0.25) is 6.41 Å². The van der Waals surface area contributed by atoms with Crippen LogP contribution in [0.25, 0.3) is 0 Å². The molecule has 1 amide bonds. The predicted molar refractivity (Wildman–Crippen MR) is 73.5 cm³/mol. The van der Waals surface area contributed by atoms with Gasteiger partial charge in [-0.1, -0.05) is 6.07 Å². The molecule has 0 spiro atoms. The number of carbonyl (C=O) groups is 1. The minimum atomic E-state index is 0.664. The van der Waals surface area contributed by atoms with E-state index in [1.54, 1.807) is 0 Å². The highest BCUT2D eigenvalue weighted by molar-refractivity contribution is 5.71. The zero-order valence-corrected chi connectivity index (χ0v) is 11.0. The van der Waals surface area contributed by atoms with Crippen LogP contribution in [0.3, 0.4) is 0 Å². The predicted octanol–water partition coefficient (Wildman–Crippen LogP) is 1.36. The molecule has 0 aromatic heterocycles. The number of benzene rings is 1. The van der Waals surface area contributed by atoms with E-state index in [0.717, 1.165) is 50.7 Å². The van der Waals surface area contributed by atoms with Gasteiger partial charge in [0, 0.05) is 31.4 Å². The van der Waals surface area contributed by atoms with Crippen molar-refractivity contribution in [3.05, 3.63) is 24.3 Å². The van der Waals surface area contributed by atoms with Crippen LogP contribution in [0.1, 0.15) is 6.42 Å². The van der Waals surface area contributed by atoms with E-state index in [1.807, 2.05) is 24.3 Å². The summed E-state index contributed by atoms with van der Waals surface area (Å²) in [6.07, 6.45) is 1.66. The summed E-state index contributed by atoms with van der Waals surface area (Å²) in [4.78, 5) is 12.7. The summed E-state index contributed by atoms with van der Waals surface area (Å²) >= 11 is 0. The lowest BCUT2D eigenvalue weighted by Gasteiger charge is -2.26. The molecule has 1 aliphatic heterocycles. The van der Waals surface area contributed by atoms with Gasteiger partial charge in [0.25, 0.3) is 0 Å². The van der Waals surface area contributed by atoms with Gasteiger partial charge in [-0.25, -0.2) is 0 Å². The second-order valence-electron chi connectivity index (χ2n) is 4.45. The maximum absolute atomic E-state index is 10.4. The highest BCUT2D eigenvalue weighted by Crippen LogP contribution is 2.16. The SMILES string of the molecule is O=CNc1cccc(OCCCN2CCOCC2)c1. The summed E-state index contributed by atoms with van der Waals surface area (Å²) in [6, 6.07) is 7.41. The fourth-order valence-electron chi connectivity index (χ4n) is 2.05. The summed E-state index contributed by atoms with van der Waals surface area (Å²) in [5.41, 5.74) is 0.751. The molecule has 1 N–H and O–H groups in total. The first-order valence-electron chi connectivity index (χ1n) is 6.61. The average molecular weight is 264 g/mol. The van der Waals surface area contributed by atoms with Crippen LogP contribution in [0.5, 0.6) is 5.75 Å². The summed E-state index contributed by atoms with van der Waals surface area (Å²) < 4.78 is 11.0. The number of nitrogens with one attached hydrogen (secondary N) is 1. The molecule has 0 bridgehead atoms. The largest absolute Gasteiger partial charge is 0.493 e. The van der Waals surface area contributed by atoms with Crippen LogP contribution in [0.15, 0.2) is 24.3 Å². The second kappa shape index (κ2) is 7.76. The molecule has 1 aromatic carbocycles. The lowest BCUT2D eigenvalue weighted by atomic mass is 10.3. The molecule has 0 radical (unpaired) electrons. The normalized spacial score (nSPS) is 16.0. The lowest BCUT2D eigenvalue weighted by Crippen LogP contribution is -2.37. The zero-order chi connectivity index (χ0) is 13.3. The van der Waals surface area contributed by atoms with Crippen molar-refractivity contribution in [2.75, 3.05) is 44.8 Å². The Morgan fingerprint density at radius 3 is 3.00 bits per heavy atom. The van der Waals surface area contributed by atoms with Crippen molar-refractivity contribution >= 4 is 12.1 Å². The quantitative estimate of drug-likeness (QED) is 0.597. The number of ether oxygens (including phenoxy) is 2. The Hall–Kier alpha value is -1.59. The van der Waals surface area contributed by atoms with E-state index >= 15 is 0 Å². The molecular weight excluding hydrogens is 244 g/mol. The Balaban J connectivity index is 1.67. The molecule has 1 saturated heterocycles. The van der Waals surface area contributed by atoms with Crippen LogP contribution < -0.4 is 10.1 Å². The molecule has 5 heteroatoms. The van der Waals surface area contributed by atoms with Gasteiger partial charge < -0.3 is 14.8 Å². The van der Waals surface area contributed by atoms with Gasteiger partial charge in [-0.05, 0) is 18.6 Å². The van der Waals surface area contributed by atoms with E-state index in [2.05, 4.69) is 10.2 Å². The van der Waals surface area contributed by atoms with Gasteiger partial charge in [0.15, 0.2) is 0 Å². The Morgan fingerprint density at radius 1 is 1.37 bits per heavy atom. The molecule has 0 aliphatic carbocycles. The second-order valence-corrected chi connectivity index (χ2v) is 4.45. The third-order valence-electron chi connectivity index (χ3n) is 3.05. The minimum Gasteiger partial charge on any atom is -0.493 e. The molecule has 0 atom stereocenters. The molecule has 1 heterocycles. The van der Waals surface area contributed by atoms with E-state index in [0.29, 0.717) is 13.0 Å². The van der Waals surface area contributed by atoms with Crippen molar-refractivity contribution in [1.29, 1.82) is 0 Å². The third-order valence-corrected chi connectivity index (χ3v) is 3.05. The minimum absolute atomic E-state index is 0.664. The number of nitrogens with zero attached hydrogens (tertiary/aromatic N) is 1. The summed E-state index contributed by atoms with van der Waals surface area (Å²) in [5.74, 6) is 0.786. The number of anilines is 1. The van der Waals surface area contributed by atoms with Crippen molar-refractivity contribution < 1.29 is 14.3 Å². The standard InChI is InChI=1S/C14H20N2O3/c17-12-15-13-3-1-4-14(11-13)19-8-2-5-16-6-9-18-10-7-16/h1,3-4,11-12H,2,5-10H2,(H,15,17). The van der Waals surface area contributed by atoms with E-state index in [-0.39, 0.29) is 0 Å². The molecule has 1 aromatic rings. The van der Waals surface area contributed by atoms with Gasteiger partial charge in [0.05, 0.1) is 19.8 Å². The highest BCUT2D eigenvalue weighted by atomic mass is 16.5. The van der Waals surface area contributed by atoms with Crippen LogP contribution >= 0.6 is 0 Å². The van der Waals surface area contributed by atoms with Crippen molar-refractivity contribution in [2.45, 2.75) is 6.42 Å². The molecular formula is C14H20N2O3. The highest BCUT2D eigenvalue weighted by Gasteiger charge is 2.09. The van der Waals surface area contributed by atoms with Crippen LogP contribution in [-0.4, -0.2) is 50.8 Å². The Kier molecular flexibility index (Phi) is 5.65. The van der Waals surface area contributed by atoms with E-state index in [1.165, 1.54) is 0 Å². The van der Waals surface area contributed by atoms with E-state index in [9.17, 15) is 4.79 Å². The smallest absolute Gasteiger partial charge is 0.211 e. The Bertz CT molecular complexity index is 392. The maximum atomic E-state index is 10.4. The molecule has 19 heavy (non-hydrogen) atoms. The van der Waals surface area contributed by atoms with Crippen LogP contribution in [0.2, 0.25) is 0 Å². The molecule has 1 aliphatic rings. The first-order valence-corrected chi connectivity index (χ1v) is 6.61. The average Bonchev–Trinajstić information content (AvgIpc) is 2.46.